The number of amides is 1. The highest BCUT2D eigenvalue weighted by molar-refractivity contribution is 7.09. The van der Waals surface area contributed by atoms with E-state index >= 15 is 0 Å². The first-order chi connectivity index (χ1) is 9.65. The van der Waals surface area contributed by atoms with Crippen molar-refractivity contribution >= 4 is 17.2 Å². The molecule has 1 atom stereocenters. The fourth-order valence-electron chi connectivity index (χ4n) is 1.78. The minimum absolute atomic E-state index is 0.172. The Labute approximate surface area is 121 Å². The third-order valence-electron chi connectivity index (χ3n) is 2.85. The average molecular weight is 291 g/mol. The molecule has 20 heavy (non-hydrogen) atoms. The highest BCUT2D eigenvalue weighted by Crippen LogP contribution is 2.11. The number of phenolic OH excluding ortho intramolecular Hbond substituents is 1. The Morgan fingerprint density at radius 2 is 2.15 bits per heavy atom. The van der Waals surface area contributed by atoms with Crippen molar-refractivity contribution in [2.45, 2.75) is 18.9 Å². The van der Waals surface area contributed by atoms with Gasteiger partial charge in [0, 0.05) is 24.5 Å². The molecule has 0 aliphatic heterocycles. The van der Waals surface area contributed by atoms with Crippen molar-refractivity contribution in [3.63, 3.8) is 0 Å². The van der Waals surface area contributed by atoms with Crippen molar-refractivity contribution in [1.82, 2.24) is 10.3 Å². The van der Waals surface area contributed by atoms with Crippen LogP contribution >= 0.6 is 11.3 Å². The molecule has 1 heterocycles. The maximum atomic E-state index is 11.8. The molecule has 0 aliphatic carbocycles. The zero-order valence-corrected chi connectivity index (χ0v) is 11.8. The van der Waals surface area contributed by atoms with E-state index in [-0.39, 0.29) is 11.7 Å². The second kappa shape index (κ2) is 7.02. The summed E-state index contributed by atoms with van der Waals surface area (Å²) in [6.45, 7) is 0.537. The summed E-state index contributed by atoms with van der Waals surface area (Å²) in [4.78, 5) is 16.0. The van der Waals surface area contributed by atoms with Gasteiger partial charge in [-0.1, -0.05) is 12.1 Å². The van der Waals surface area contributed by atoms with Crippen molar-refractivity contribution in [1.29, 1.82) is 0 Å². The average Bonchev–Trinajstić information content (AvgIpc) is 2.94. The predicted octanol–water partition coefficient (Wildman–Crippen LogP) is 1.08. The van der Waals surface area contributed by atoms with Gasteiger partial charge in [-0.3, -0.25) is 4.79 Å². The second-order valence-corrected chi connectivity index (χ2v) is 5.42. The van der Waals surface area contributed by atoms with Gasteiger partial charge < -0.3 is 16.2 Å². The molecule has 0 bridgehead atoms. The van der Waals surface area contributed by atoms with Gasteiger partial charge in [-0.05, 0) is 24.1 Å². The third kappa shape index (κ3) is 4.32. The van der Waals surface area contributed by atoms with Gasteiger partial charge in [-0.2, -0.15) is 0 Å². The van der Waals surface area contributed by atoms with Gasteiger partial charge in [0.2, 0.25) is 5.91 Å². The molecule has 1 aromatic carbocycles. The summed E-state index contributed by atoms with van der Waals surface area (Å²) < 4.78 is 0. The number of rotatable bonds is 6. The molecular formula is C14H17N3O2S. The van der Waals surface area contributed by atoms with Crippen LogP contribution < -0.4 is 11.1 Å². The first kappa shape index (κ1) is 14.5. The summed E-state index contributed by atoms with van der Waals surface area (Å²) in [5.41, 5.74) is 6.78. The van der Waals surface area contributed by atoms with Crippen LogP contribution in [-0.4, -0.2) is 28.6 Å². The van der Waals surface area contributed by atoms with Gasteiger partial charge in [-0.25, -0.2) is 4.98 Å². The van der Waals surface area contributed by atoms with Crippen molar-refractivity contribution in [2.75, 3.05) is 6.54 Å². The molecule has 6 heteroatoms. The van der Waals surface area contributed by atoms with Crippen molar-refractivity contribution in [3.8, 4) is 5.75 Å². The number of nitrogens with zero attached hydrogens (tertiary/aromatic N) is 1. The zero-order chi connectivity index (χ0) is 14.4. The molecule has 1 aromatic heterocycles. The highest BCUT2D eigenvalue weighted by Gasteiger charge is 2.13. The second-order valence-electron chi connectivity index (χ2n) is 4.44. The quantitative estimate of drug-likeness (QED) is 0.743. The van der Waals surface area contributed by atoms with Crippen LogP contribution in [0.25, 0.3) is 0 Å². The van der Waals surface area contributed by atoms with Crippen LogP contribution in [-0.2, 0) is 17.6 Å². The van der Waals surface area contributed by atoms with Crippen LogP contribution in [0.1, 0.15) is 10.6 Å². The summed E-state index contributed by atoms with van der Waals surface area (Å²) >= 11 is 1.57. The monoisotopic (exact) mass is 291 g/mol. The molecule has 0 fully saturated rings. The van der Waals surface area contributed by atoms with E-state index in [9.17, 15) is 9.90 Å². The fourth-order valence-corrected chi connectivity index (χ4v) is 2.40. The molecule has 1 unspecified atom stereocenters. The van der Waals surface area contributed by atoms with E-state index in [1.807, 2.05) is 5.38 Å². The lowest BCUT2D eigenvalue weighted by Gasteiger charge is -2.12. The third-order valence-corrected chi connectivity index (χ3v) is 3.69. The molecule has 0 saturated heterocycles. The number of thiazole rings is 1. The van der Waals surface area contributed by atoms with E-state index < -0.39 is 6.04 Å². The number of phenols is 1. The van der Waals surface area contributed by atoms with E-state index in [1.54, 1.807) is 41.8 Å². The first-order valence-corrected chi connectivity index (χ1v) is 7.22. The Kier molecular flexibility index (Phi) is 5.09. The number of carbonyl (C=O) groups is 1. The zero-order valence-electron chi connectivity index (χ0n) is 11.0. The number of benzene rings is 1. The summed E-state index contributed by atoms with van der Waals surface area (Å²) in [5.74, 6) is 0.0323. The van der Waals surface area contributed by atoms with Crippen LogP contribution in [0.5, 0.6) is 5.75 Å². The van der Waals surface area contributed by atoms with Gasteiger partial charge in [0.15, 0.2) is 0 Å². The summed E-state index contributed by atoms with van der Waals surface area (Å²) in [7, 11) is 0. The Morgan fingerprint density at radius 1 is 1.40 bits per heavy atom. The van der Waals surface area contributed by atoms with Crippen molar-refractivity contribution in [3.05, 3.63) is 46.4 Å². The van der Waals surface area contributed by atoms with E-state index in [0.29, 0.717) is 13.0 Å². The summed E-state index contributed by atoms with van der Waals surface area (Å²) in [5, 5.41) is 14.9. The Morgan fingerprint density at radius 3 is 2.80 bits per heavy atom. The number of hydrogen-bond donors (Lipinski definition) is 3. The minimum Gasteiger partial charge on any atom is -0.508 e. The molecule has 2 rings (SSSR count). The lowest BCUT2D eigenvalue weighted by atomic mass is 10.1. The van der Waals surface area contributed by atoms with Crippen molar-refractivity contribution in [2.24, 2.45) is 5.73 Å². The molecule has 4 N–H and O–H groups in total. The normalized spacial score (nSPS) is 12.1. The van der Waals surface area contributed by atoms with Crippen LogP contribution in [0.3, 0.4) is 0 Å². The molecule has 0 radical (unpaired) electrons. The molecule has 1 amide bonds. The predicted molar refractivity (Wildman–Crippen MR) is 78.6 cm³/mol. The van der Waals surface area contributed by atoms with Gasteiger partial charge >= 0.3 is 0 Å². The lowest BCUT2D eigenvalue weighted by molar-refractivity contribution is -0.122. The Bertz CT molecular complexity index is 540. The van der Waals surface area contributed by atoms with Crippen LogP contribution in [0.4, 0.5) is 0 Å². The topological polar surface area (TPSA) is 88.2 Å². The minimum atomic E-state index is -0.587. The maximum absolute atomic E-state index is 11.8. The molecule has 0 saturated carbocycles. The maximum Gasteiger partial charge on any atom is 0.237 e. The molecule has 2 aromatic rings. The number of aromatic nitrogens is 1. The SMILES string of the molecule is NC(Cc1ccc(O)cc1)C(=O)NCCc1nccs1. The van der Waals surface area contributed by atoms with E-state index in [0.717, 1.165) is 17.0 Å². The molecule has 5 nitrogen and oxygen atoms in total. The number of hydrogen-bond acceptors (Lipinski definition) is 5. The van der Waals surface area contributed by atoms with Gasteiger partial charge in [0.1, 0.15) is 5.75 Å². The number of nitrogens with two attached hydrogens (primary N) is 1. The molecule has 0 spiro atoms. The summed E-state index contributed by atoms with van der Waals surface area (Å²) in [6.07, 6.45) is 2.91. The summed E-state index contributed by atoms with van der Waals surface area (Å²) in [6, 6.07) is 6.11. The molecular weight excluding hydrogens is 274 g/mol. The Hall–Kier alpha value is -1.92. The lowest BCUT2D eigenvalue weighted by Crippen LogP contribution is -2.42. The van der Waals surface area contributed by atoms with Crippen LogP contribution in [0, 0.1) is 0 Å². The first-order valence-electron chi connectivity index (χ1n) is 6.34. The number of nitrogens with one attached hydrogen (secondary N) is 1. The smallest absolute Gasteiger partial charge is 0.237 e. The fraction of sp³-hybridized carbons (Fsp3) is 0.286. The van der Waals surface area contributed by atoms with Crippen LogP contribution in [0.2, 0.25) is 0 Å². The van der Waals surface area contributed by atoms with Crippen LogP contribution in [0.15, 0.2) is 35.8 Å². The van der Waals surface area contributed by atoms with E-state index in [2.05, 4.69) is 10.3 Å². The van der Waals surface area contributed by atoms with Gasteiger partial charge in [0.05, 0.1) is 11.0 Å². The highest BCUT2D eigenvalue weighted by atomic mass is 32.1. The standard InChI is InChI=1S/C14H17N3O2S/c15-12(9-10-1-3-11(18)4-2-10)14(19)17-6-5-13-16-7-8-20-13/h1-4,7-8,12,18H,5-6,9,15H2,(H,17,19). The van der Waals surface area contributed by atoms with E-state index in [4.69, 9.17) is 5.73 Å². The van der Waals surface area contributed by atoms with Crippen molar-refractivity contribution < 1.29 is 9.90 Å². The molecule has 0 aliphatic rings. The van der Waals surface area contributed by atoms with Gasteiger partial charge in [0.25, 0.3) is 0 Å². The number of carbonyl (C=O) groups excluding carboxylic acids is 1. The van der Waals surface area contributed by atoms with E-state index in [1.165, 1.54) is 0 Å². The van der Waals surface area contributed by atoms with Gasteiger partial charge in [-0.15, -0.1) is 11.3 Å². The molecule has 106 valence electrons. The number of aromatic hydroxyl groups is 1. The largest absolute Gasteiger partial charge is 0.508 e. The Balaban J connectivity index is 1.75.